The number of hydrogen-bond acceptors (Lipinski definition) is 4. The summed E-state index contributed by atoms with van der Waals surface area (Å²) in [6.45, 7) is 0. The lowest BCUT2D eigenvalue weighted by Crippen LogP contribution is -2.15. The van der Waals surface area contributed by atoms with Crippen LogP contribution in [-0.4, -0.2) is 27.7 Å². The first-order valence-electron chi connectivity index (χ1n) is 6.62. The summed E-state index contributed by atoms with van der Waals surface area (Å²) in [5.74, 6) is -2.27. The Morgan fingerprint density at radius 2 is 1.83 bits per heavy atom. The average Bonchev–Trinajstić information content (AvgIpc) is 2.48. The van der Waals surface area contributed by atoms with Gasteiger partial charge in [0.15, 0.2) is 0 Å². The highest BCUT2D eigenvalue weighted by atomic mass is 32.2. The molecule has 0 radical (unpaired) electrons. The van der Waals surface area contributed by atoms with Gasteiger partial charge >= 0.3 is 0 Å². The Morgan fingerprint density at radius 1 is 1.12 bits per heavy atom. The molecule has 0 spiro atoms. The van der Waals surface area contributed by atoms with E-state index in [-0.39, 0.29) is 17.1 Å². The number of benzene rings is 2. The molecule has 24 heavy (non-hydrogen) atoms. The number of amides is 1. The minimum atomic E-state index is -3.57. The second-order valence-corrected chi connectivity index (χ2v) is 6.62. The van der Waals surface area contributed by atoms with Crippen LogP contribution in [0, 0.1) is 11.6 Å². The summed E-state index contributed by atoms with van der Waals surface area (Å²) in [6, 6.07) is 6.66. The van der Waals surface area contributed by atoms with Crippen molar-refractivity contribution in [3.63, 3.8) is 0 Å². The molecule has 0 fully saturated rings. The predicted octanol–water partition coefficient (Wildman–Crippen LogP) is 2.60. The third-order valence-corrected chi connectivity index (χ3v) is 3.52. The standard InChI is InChI=1S/C15H14F2N2O4S/c1-23-14-6-4-10(8-13(14)19-24(2,21)22)18-15(20)11-7-9(16)3-5-12(11)17/h3-8,19H,1-2H3,(H,18,20). The Labute approximate surface area is 137 Å². The van der Waals surface area contributed by atoms with E-state index in [1.54, 1.807) is 0 Å². The maximum absolute atomic E-state index is 13.6. The van der Waals surface area contributed by atoms with Crippen molar-refractivity contribution in [1.29, 1.82) is 0 Å². The van der Waals surface area contributed by atoms with Crippen LogP contribution in [0.1, 0.15) is 10.4 Å². The van der Waals surface area contributed by atoms with Crippen molar-refractivity contribution in [1.82, 2.24) is 0 Å². The van der Waals surface area contributed by atoms with Crippen LogP contribution >= 0.6 is 0 Å². The predicted molar refractivity (Wildman–Crippen MR) is 85.8 cm³/mol. The van der Waals surface area contributed by atoms with E-state index in [2.05, 4.69) is 10.0 Å². The molecule has 0 bridgehead atoms. The topological polar surface area (TPSA) is 84.5 Å². The molecule has 0 atom stereocenters. The molecule has 2 N–H and O–H groups in total. The SMILES string of the molecule is COc1ccc(NC(=O)c2cc(F)ccc2F)cc1NS(C)(=O)=O. The van der Waals surface area contributed by atoms with E-state index >= 15 is 0 Å². The fraction of sp³-hybridized carbons (Fsp3) is 0.133. The van der Waals surface area contributed by atoms with Crippen molar-refractivity contribution in [3.8, 4) is 5.75 Å². The molecule has 128 valence electrons. The van der Waals surface area contributed by atoms with Crippen LogP contribution in [0.5, 0.6) is 5.75 Å². The summed E-state index contributed by atoms with van der Waals surface area (Å²) in [6.07, 6.45) is 0.958. The van der Waals surface area contributed by atoms with Crippen LogP contribution in [0.2, 0.25) is 0 Å². The number of carbonyl (C=O) groups excluding carboxylic acids is 1. The lowest BCUT2D eigenvalue weighted by molar-refractivity contribution is 0.102. The lowest BCUT2D eigenvalue weighted by Gasteiger charge is -2.12. The second kappa shape index (κ2) is 6.83. The molecule has 0 aliphatic carbocycles. The second-order valence-electron chi connectivity index (χ2n) is 4.87. The molecule has 9 heteroatoms. The molecule has 0 aliphatic rings. The Morgan fingerprint density at radius 3 is 2.46 bits per heavy atom. The molecule has 2 aromatic carbocycles. The van der Waals surface area contributed by atoms with Crippen molar-refractivity contribution in [2.45, 2.75) is 0 Å². The van der Waals surface area contributed by atoms with Crippen LogP contribution in [-0.2, 0) is 10.0 Å². The van der Waals surface area contributed by atoms with E-state index in [4.69, 9.17) is 4.74 Å². The summed E-state index contributed by atoms with van der Waals surface area (Å²) >= 11 is 0. The zero-order chi connectivity index (χ0) is 17.9. The number of carbonyl (C=O) groups is 1. The Hall–Kier alpha value is -2.68. The first-order valence-corrected chi connectivity index (χ1v) is 8.51. The highest BCUT2D eigenvalue weighted by Gasteiger charge is 2.15. The van der Waals surface area contributed by atoms with Crippen LogP contribution in [0.15, 0.2) is 36.4 Å². The van der Waals surface area contributed by atoms with E-state index in [9.17, 15) is 22.0 Å². The summed E-state index contributed by atoms with van der Waals surface area (Å²) in [4.78, 5) is 12.1. The number of anilines is 2. The Bertz CT molecular complexity index is 885. The van der Waals surface area contributed by atoms with E-state index in [1.165, 1.54) is 25.3 Å². The minimum absolute atomic E-state index is 0.0949. The number of methoxy groups -OCH3 is 1. The maximum atomic E-state index is 13.6. The van der Waals surface area contributed by atoms with Crippen molar-refractivity contribution in [2.75, 3.05) is 23.4 Å². The first-order chi connectivity index (χ1) is 11.2. The quantitative estimate of drug-likeness (QED) is 0.862. The van der Waals surface area contributed by atoms with Crippen molar-refractivity contribution < 1.29 is 26.7 Å². The molecule has 0 aromatic heterocycles. The molecular formula is C15H14F2N2O4S. The molecule has 0 heterocycles. The van der Waals surface area contributed by atoms with Gasteiger partial charge in [0.1, 0.15) is 17.4 Å². The zero-order valence-electron chi connectivity index (χ0n) is 12.8. The fourth-order valence-electron chi connectivity index (χ4n) is 1.94. The third kappa shape index (κ3) is 4.42. The molecule has 2 rings (SSSR count). The number of ether oxygens (including phenoxy) is 1. The van der Waals surface area contributed by atoms with Gasteiger partial charge in [0.25, 0.3) is 5.91 Å². The first kappa shape index (κ1) is 17.7. The highest BCUT2D eigenvalue weighted by Crippen LogP contribution is 2.29. The monoisotopic (exact) mass is 356 g/mol. The molecule has 6 nitrogen and oxygen atoms in total. The highest BCUT2D eigenvalue weighted by molar-refractivity contribution is 7.92. The maximum Gasteiger partial charge on any atom is 0.258 e. The number of halogens is 2. The van der Waals surface area contributed by atoms with Crippen molar-refractivity contribution in [3.05, 3.63) is 53.6 Å². The lowest BCUT2D eigenvalue weighted by atomic mass is 10.2. The zero-order valence-corrected chi connectivity index (χ0v) is 13.6. The number of rotatable bonds is 5. The van der Waals surface area contributed by atoms with Crippen LogP contribution in [0.25, 0.3) is 0 Å². The fourth-order valence-corrected chi connectivity index (χ4v) is 2.49. The van der Waals surface area contributed by atoms with Gasteiger partial charge in [-0.15, -0.1) is 0 Å². The van der Waals surface area contributed by atoms with Crippen LogP contribution < -0.4 is 14.8 Å². The van der Waals surface area contributed by atoms with Gasteiger partial charge in [-0.3, -0.25) is 9.52 Å². The van der Waals surface area contributed by atoms with E-state index in [0.29, 0.717) is 0 Å². The molecular weight excluding hydrogens is 342 g/mol. The molecule has 2 aromatic rings. The summed E-state index contributed by atoms with van der Waals surface area (Å²) in [5.41, 5.74) is -0.198. The van der Waals surface area contributed by atoms with Gasteiger partial charge in [0.2, 0.25) is 10.0 Å². The summed E-state index contributed by atoms with van der Waals surface area (Å²) < 4.78 is 56.7. The van der Waals surface area contributed by atoms with Crippen molar-refractivity contribution in [2.24, 2.45) is 0 Å². The van der Waals surface area contributed by atoms with Gasteiger partial charge < -0.3 is 10.1 Å². The van der Waals surface area contributed by atoms with Gasteiger partial charge in [0.05, 0.1) is 24.6 Å². The molecule has 0 aliphatic heterocycles. The normalized spacial score (nSPS) is 11.0. The number of hydrogen-bond donors (Lipinski definition) is 2. The molecule has 0 saturated carbocycles. The molecule has 0 unspecified atom stereocenters. The van der Waals surface area contributed by atoms with Gasteiger partial charge in [0, 0.05) is 5.69 Å². The number of sulfonamides is 1. The van der Waals surface area contributed by atoms with E-state index in [1.807, 2.05) is 0 Å². The van der Waals surface area contributed by atoms with Gasteiger partial charge in [-0.2, -0.15) is 0 Å². The van der Waals surface area contributed by atoms with Crippen LogP contribution in [0.3, 0.4) is 0 Å². The summed E-state index contributed by atoms with van der Waals surface area (Å²) in [7, 11) is -2.22. The summed E-state index contributed by atoms with van der Waals surface area (Å²) in [5, 5.41) is 2.37. The van der Waals surface area contributed by atoms with Gasteiger partial charge in [-0.1, -0.05) is 0 Å². The van der Waals surface area contributed by atoms with Crippen molar-refractivity contribution >= 4 is 27.3 Å². The van der Waals surface area contributed by atoms with Gasteiger partial charge in [-0.05, 0) is 36.4 Å². The van der Waals surface area contributed by atoms with Crippen LogP contribution in [0.4, 0.5) is 20.2 Å². The number of nitrogens with one attached hydrogen (secondary N) is 2. The minimum Gasteiger partial charge on any atom is -0.495 e. The van der Waals surface area contributed by atoms with E-state index < -0.39 is 33.1 Å². The Kier molecular flexibility index (Phi) is 5.03. The largest absolute Gasteiger partial charge is 0.495 e. The van der Waals surface area contributed by atoms with Gasteiger partial charge in [-0.25, -0.2) is 17.2 Å². The Balaban J connectivity index is 2.31. The molecule has 0 saturated heterocycles. The third-order valence-electron chi connectivity index (χ3n) is 2.93. The molecule has 1 amide bonds. The average molecular weight is 356 g/mol. The smallest absolute Gasteiger partial charge is 0.258 e. The van der Waals surface area contributed by atoms with E-state index in [0.717, 1.165) is 24.5 Å².